The number of ether oxygens (including phenoxy) is 1. The van der Waals surface area contributed by atoms with Gasteiger partial charge in [0.15, 0.2) is 0 Å². The van der Waals surface area contributed by atoms with E-state index in [4.69, 9.17) is 9.73 Å². The Bertz CT molecular complexity index is 1120. The van der Waals surface area contributed by atoms with Crippen LogP contribution in [0.4, 0.5) is 5.69 Å². The Morgan fingerprint density at radius 2 is 1.15 bits per heavy atom. The number of rotatable bonds is 9. The number of guanidine groups is 1. The summed E-state index contributed by atoms with van der Waals surface area (Å²) in [6.07, 6.45) is 2.19. The minimum atomic E-state index is 0.135. The second-order valence-electron chi connectivity index (χ2n) is 12.8. The van der Waals surface area contributed by atoms with Gasteiger partial charge in [-0.15, -0.1) is 0 Å². The lowest BCUT2D eigenvalue weighted by Gasteiger charge is -2.31. The minimum absolute atomic E-state index is 0.135. The number of hydrogen-bond donors (Lipinski definition) is 0. The van der Waals surface area contributed by atoms with Crippen LogP contribution in [-0.4, -0.2) is 36.5 Å². The second-order valence-corrected chi connectivity index (χ2v) is 12.8. The third-order valence-corrected chi connectivity index (χ3v) is 6.90. The summed E-state index contributed by atoms with van der Waals surface area (Å²) >= 11 is 0. The van der Waals surface area contributed by atoms with Gasteiger partial charge in [0.25, 0.3) is 0 Å². The first-order valence-electron chi connectivity index (χ1n) is 14.3. The molecule has 0 aliphatic carbocycles. The highest BCUT2D eigenvalue weighted by molar-refractivity contribution is 5.82. The van der Waals surface area contributed by atoms with Crippen molar-refractivity contribution in [2.75, 3.05) is 20.7 Å². The van der Waals surface area contributed by atoms with Gasteiger partial charge in [-0.1, -0.05) is 103 Å². The maximum atomic E-state index is 5.86. The molecule has 0 unspecified atom stereocenters. The maximum Gasteiger partial charge on any atom is 0.201 e. The molecule has 0 saturated carbocycles. The van der Waals surface area contributed by atoms with E-state index in [1.807, 2.05) is 24.3 Å². The molecule has 3 aromatic carbocycles. The molecule has 0 atom stereocenters. The van der Waals surface area contributed by atoms with Gasteiger partial charge in [0.05, 0.1) is 12.3 Å². The van der Waals surface area contributed by atoms with E-state index < -0.39 is 0 Å². The molecule has 0 radical (unpaired) electrons. The van der Waals surface area contributed by atoms with Gasteiger partial charge >= 0.3 is 0 Å². The molecule has 0 aliphatic heterocycles. The highest BCUT2D eigenvalue weighted by Gasteiger charge is 2.18. The van der Waals surface area contributed by atoms with Crippen molar-refractivity contribution in [1.82, 2.24) is 9.80 Å². The molecule has 0 spiro atoms. The molecule has 4 heteroatoms. The van der Waals surface area contributed by atoms with Gasteiger partial charge in [-0.3, -0.25) is 0 Å². The Kier molecular flexibility index (Phi) is 10.2. The van der Waals surface area contributed by atoms with Crippen LogP contribution in [0.25, 0.3) is 0 Å². The zero-order valence-corrected chi connectivity index (χ0v) is 25.7. The quantitative estimate of drug-likeness (QED) is 0.158. The molecule has 39 heavy (non-hydrogen) atoms. The highest BCUT2D eigenvalue weighted by atomic mass is 16.5. The van der Waals surface area contributed by atoms with Gasteiger partial charge in [-0.25, -0.2) is 4.99 Å². The lowest BCUT2D eigenvalue weighted by molar-refractivity contribution is 0.309. The molecule has 0 saturated heterocycles. The van der Waals surface area contributed by atoms with Crippen LogP contribution in [0.1, 0.15) is 83.6 Å². The summed E-state index contributed by atoms with van der Waals surface area (Å²) in [4.78, 5) is 9.59. The number of unbranched alkanes of at least 4 members (excludes halogenated alkanes) is 1. The summed E-state index contributed by atoms with van der Waals surface area (Å²) in [5.41, 5.74) is 6.41. The fourth-order valence-electron chi connectivity index (χ4n) is 4.38. The Hall–Kier alpha value is -3.27. The van der Waals surface area contributed by atoms with Gasteiger partial charge in [-0.2, -0.15) is 0 Å². The third kappa shape index (κ3) is 9.16. The van der Waals surface area contributed by atoms with Gasteiger partial charge in [0, 0.05) is 27.2 Å². The molecule has 3 rings (SSSR count). The predicted molar refractivity (Wildman–Crippen MR) is 167 cm³/mol. The first-order chi connectivity index (χ1) is 18.4. The van der Waals surface area contributed by atoms with E-state index in [1.165, 1.54) is 22.3 Å². The Morgan fingerprint density at radius 3 is 1.54 bits per heavy atom. The topological polar surface area (TPSA) is 28.1 Å². The van der Waals surface area contributed by atoms with Crippen LogP contribution in [0.3, 0.4) is 0 Å². The number of aliphatic imine (C=N–C) groups is 1. The molecule has 0 aromatic heterocycles. The minimum Gasteiger partial charge on any atom is -0.494 e. The van der Waals surface area contributed by atoms with Crippen molar-refractivity contribution in [2.24, 2.45) is 4.99 Å². The van der Waals surface area contributed by atoms with Crippen molar-refractivity contribution in [1.29, 1.82) is 0 Å². The standard InChI is InChI=1S/C35H49N3O/c1-10-11-24-39-32-22-20-31(21-23-32)36-33(37(8)9)38(25-27-12-16-29(17-13-27)34(2,3)4)26-28-14-18-30(19-15-28)35(5,6)7/h12-23H,10-11,24-26H2,1-9H3. The van der Waals surface area contributed by atoms with E-state index in [0.717, 1.165) is 49.9 Å². The maximum absolute atomic E-state index is 5.86. The molecular weight excluding hydrogens is 478 g/mol. The second kappa shape index (κ2) is 13.2. The highest BCUT2D eigenvalue weighted by Crippen LogP contribution is 2.26. The van der Waals surface area contributed by atoms with Crippen molar-refractivity contribution in [3.8, 4) is 5.75 Å². The van der Waals surface area contributed by atoms with Crippen LogP contribution in [0, 0.1) is 0 Å². The summed E-state index contributed by atoms with van der Waals surface area (Å²) in [6.45, 7) is 18.0. The van der Waals surface area contributed by atoms with E-state index >= 15 is 0 Å². The first-order valence-corrected chi connectivity index (χ1v) is 14.3. The van der Waals surface area contributed by atoms with E-state index in [0.29, 0.717) is 0 Å². The van der Waals surface area contributed by atoms with Crippen molar-refractivity contribution in [3.05, 3.63) is 95.1 Å². The normalized spacial score (nSPS) is 12.4. The average molecular weight is 528 g/mol. The van der Waals surface area contributed by atoms with Crippen LogP contribution in [0.2, 0.25) is 0 Å². The van der Waals surface area contributed by atoms with Crippen LogP contribution >= 0.6 is 0 Å². The zero-order chi connectivity index (χ0) is 28.6. The predicted octanol–water partition coefficient (Wildman–Crippen LogP) is 8.71. The Balaban J connectivity index is 1.92. The summed E-state index contributed by atoms with van der Waals surface area (Å²) in [6, 6.07) is 26.2. The van der Waals surface area contributed by atoms with Crippen LogP contribution in [-0.2, 0) is 23.9 Å². The van der Waals surface area contributed by atoms with Crippen molar-refractivity contribution in [3.63, 3.8) is 0 Å². The van der Waals surface area contributed by atoms with Gasteiger partial charge in [-0.05, 0) is 63.8 Å². The third-order valence-electron chi connectivity index (χ3n) is 6.90. The molecule has 210 valence electrons. The molecule has 3 aromatic rings. The largest absolute Gasteiger partial charge is 0.494 e. The van der Waals surface area contributed by atoms with Crippen LogP contribution in [0.15, 0.2) is 77.8 Å². The van der Waals surface area contributed by atoms with E-state index in [1.54, 1.807) is 0 Å². The molecular formula is C35H49N3O. The Morgan fingerprint density at radius 1 is 0.692 bits per heavy atom. The molecule has 0 heterocycles. The number of hydrogen-bond acceptors (Lipinski definition) is 2. The summed E-state index contributed by atoms with van der Waals surface area (Å²) in [5.74, 6) is 1.82. The van der Waals surface area contributed by atoms with E-state index in [9.17, 15) is 0 Å². The van der Waals surface area contributed by atoms with Crippen molar-refractivity contribution in [2.45, 2.75) is 85.2 Å². The monoisotopic (exact) mass is 527 g/mol. The van der Waals surface area contributed by atoms with Gasteiger partial charge in [0.2, 0.25) is 5.96 Å². The number of nitrogens with zero attached hydrogens (tertiary/aromatic N) is 3. The summed E-state index contributed by atoms with van der Waals surface area (Å²) in [5, 5.41) is 0. The van der Waals surface area contributed by atoms with Gasteiger partial charge in [0.1, 0.15) is 5.75 Å². The smallest absolute Gasteiger partial charge is 0.201 e. The summed E-state index contributed by atoms with van der Waals surface area (Å²) < 4.78 is 5.86. The van der Waals surface area contributed by atoms with Crippen LogP contribution in [0.5, 0.6) is 5.75 Å². The lowest BCUT2D eigenvalue weighted by Crippen LogP contribution is -2.39. The molecule has 0 N–H and O–H groups in total. The van der Waals surface area contributed by atoms with Crippen LogP contribution < -0.4 is 4.74 Å². The average Bonchev–Trinajstić information content (AvgIpc) is 2.87. The Labute approximate surface area is 237 Å². The molecule has 0 bridgehead atoms. The molecule has 0 fully saturated rings. The molecule has 0 aliphatic rings. The summed E-state index contributed by atoms with van der Waals surface area (Å²) in [7, 11) is 4.14. The van der Waals surface area contributed by atoms with E-state index in [2.05, 4.69) is 121 Å². The van der Waals surface area contributed by atoms with E-state index in [-0.39, 0.29) is 10.8 Å². The van der Waals surface area contributed by atoms with Gasteiger partial charge < -0.3 is 14.5 Å². The first kappa shape index (κ1) is 30.3. The molecule has 4 nitrogen and oxygen atoms in total. The van der Waals surface area contributed by atoms with Crippen molar-refractivity contribution >= 4 is 11.6 Å². The lowest BCUT2D eigenvalue weighted by atomic mass is 9.86. The number of benzene rings is 3. The zero-order valence-electron chi connectivity index (χ0n) is 25.7. The fourth-order valence-corrected chi connectivity index (χ4v) is 4.38. The SMILES string of the molecule is CCCCOc1ccc(N=C(N(C)C)N(Cc2ccc(C(C)(C)C)cc2)Cc2ccc(C(C)(C)C)cc2)cc1. The fraction of sp³-hybridized carbons (Fsp3) is 0.457. The van der Waals surface area contributed by atoms with Crippen molar-refractivity contribution < 1.29 is 4.74 Å². The molecule has 0 amide bonds.